The number of hydrogen-bond donors (Lipinski definition) is 1. The lowest BCUT2D eigenvalue weighted by Crippen LogP contribution is -2.27. The third-order valence-corrected chi connectivity index (χ3v) is 2.49. The molecule has 1 aliphatic rings. The van der Waals surface area contributed by atoms with Crippen LogP contribution in [-0.2, 0) is 14.3 Å². The van der Waals surface area contributed by atoms with Gasteiger partial charge in [0.25, 0.3) is 0 Å². The molecule has 0 aromatic heterocycles. The fourth-order valence-electron chi connectivity index (χ4n) is 1.76. The third-order valence-electron chi connectivity index (χ3n) is 2.49. The summed E-state index contributed by atoms with van der Waals surface area (Å²) in [7, 11) is 1.33. The maximum atomic E-state index is 11.5. The third kappa shape index (κ3) is 1.70. The van der Waals surface area contributed by atoms with E-state index in [1.54, 1.807) is 6.07 Å². The molecule has 1 atom stereocenters. The van der Waals surface area contributed by atoms with Crippen molar-refractivity contribution in [2.75, 3.05) is 12.4 Å². The molecule has 0 saturated heterocycles. The van der Waals surface area contributed by atoms with Crippen LogP contribution < -0.4 is 5.32 Å². The first kappa shape index (κ1) is 9.71. The maximum absolute atomic E-state index is 11.5. The highest BCUT2D eigenvalue weighted by atomic mass is 16.5. The summed E-state index contributed by atoms with van der Waals surface area (Å²) >= 11 is 0. The molecule has 0 saturated carbocycles. The van der Waals surface area contributed by atoms with Crippen LogP contribution in [0.15, 0.2) is 24.3 Å². The molecule has 1 amide bonds. The SMILES string of the molecule is COC(=O)[C@@H]1CC(=O)Nc2ccccc21. The number of carbonyl (C=O) groups is 2. The molecule has 1 aromatic rings. The van der Waals surface area contributed by atoms with Gasteiger partial charge < -0.3 is 10.1 Å². The number of rotatable bonds is 1. The number of fused-ring (bicyclic) bond motifs is 1. The van der Waals surface area contributed by atoms with Crippen LogP contribution >= 0.6 is 0 Å². The number of hydrogen-bond acceptors (Lipinski definition) is 3. The van der Waals surface area contributed by atoms with E-state index < -0.39 is 5.92 Å². The highest BCUT2D eigenvalue weighted by molar-refractivity contribution is 5.99. The Morgan fingerprint density at radius 3 is 2.93 bits per heavy atom. The minimum absolute atomic E-state index is 0.149. The fourth-order valence-corrected chi connectivity index (χ4v) is 1.76. The lowest BCUT2D eigenvalue weighted by molar-refractivity contribution is -0.143. The zero-order chi connectivity index (χ0) is 10.8. The van der Waals surface area contributed by atoms with Crippen molar-refractivity contribution in [2.24, 2.45) is 0 Å². The summed E-state index contributed by atoms with van der Waals surface area (Å²) in [6.07, 6.45) is 0.156. The monoisotopic (exact) mass is 205 g/mol. The molecule has 1 N–H and O–H groups in total. The molecule has 0 bridgehead atoms. The van der Waals surface area contributed by atoms with Gasteiger partial charge in [-0.25, -0.2) is 0 Å². The normalized spacial score (nSPS) is 19.0. The van der Waals surface area contributed by atoms with Gasteiger partial charge >= 0.3 is 5.97 Å². The fraction of sp³-hybridized carbons (Fsp3) is 0.273. The number of nitrogens with one attached hydrogen (secondary N) is 1. The van der Waals surface area contributed by atoms with E-state index in [1.165, 1.54) is 7.11 Å². The Morgan fingerprint density at radius 1 is 1.47 bits per heavy atom. The van der Waals surface area contributed by atoms with E-state index in [0.717, 1.165) is 5.56 Å². The standard InChI is InChI=1S/C11H11NO3/c1-15-11(14)8-6-10(13)12-9-5-3-2-4-7(8)9/h2-5,8H,6H2,1H3,(H,12,13)/t8-/m1/s1. The molecule has 4 heteroatoms. The Morgan fingerprint density at radius 2 is 2.20 bits per heavy atom. The van der Waals surface area contributed by atoms with Crippen molar-refractivity contribution in [3.8, 4) is 0 Å². The molecule has 15 heavy (non-hydrogen) atoms. The van der Waals surface area contributed by atoms with E-state index in [0.29, 0.717) is 5.69 Å². The van der Waals surface area contributed by atoms with Crippen molar-refractivity contribution < 1.29 is 14.3 Å². The maximum Gasteiger partial charge on any atom is 0.313 e. The summed E-state index contributed by atoms with van der Waals surface area (Å²) in [6, 6.07) is 7.27. The summed E-state index contributed by atoms with van der Waals surface area (Å²) in [5.41, 5.74) is 1.52. The minimum atomic E-state index is -0.472. The van der Waals surface area contributed by atoms with Crippen molar-refractivity contribution >= 4 is 17.6 Å². The first-order chi connectivity index (χ1) is 7.22. The topological polar surface area (TPSA) is 55.4 Å². The Labute approximate surface area is 87.2 Å². The van der Waals surface area contributed by atoms with Crippen LogP contribution in [0.1, 0.15) is 17.9 Å². The molecule has 1 aromatic carbocycles. The minimum Gasteiger partial charge on any atom is -0.469 e. The Kier molecular flexibility index (Phi) is 2.41. The van der Waals surface area contributed by atoms with E-state index in [4.69, 9.17) is 0 Å². The van der Waals surface area contributed by atoms with Gasteiger partial charge in [-0.1, -0.05) is 18.2 Å². The van der Waals surface area contributed by atoms with Crippen molar-refractivity contribution in [3.63, 3.8) is 0 Å². The van der Waals surface area contributed by atoms with E-state index in [9.17, 15) is 9.59 Å². The molecular formula is C11H11NO3. The van der Waals surface area contributed by atoms with Crippen LogP contribution in [0, 0.1) is 0 Å². The first-order valence-corrected chi connectivity index (χ1v) is 4.69. The zero-order valence-corrected chi connectivity index (χ0v) is 8.32. The van der Waals surface area contributed by atoms with Crippen LogP contribution in [0.25, 0.3) is 0 Å². The number of benzene rings is 1. The molecule has 0 unspecified atom stereocenters. The predicted octanol–water partition coefficient (Wildman–Crippen LogP) is 1.29. The largest absolute Gasteiger partial charge is 0.469 e. The summed E-state index contributed by atoms with van der Waals surface area (Å²) in [6.45, 7) is 0. The second-order valence-electron chi connectivity index (χ2n) is 3.42. The highest BCUT2D eigenvalue weighted by Gasteiger charge is 2.30. The van der Waals surface area contributed by atoms with Crippen LogP contribution in [0.3, 0.4) is 0 Å². The van der Waals surface area contributed by atoms with Gasteiger partial charge in [0.15, 0.2) is 0 Å². The van der Waals surface area contributed by atoms with Crippen LogP contribution in [0.2, 0.25) is 0 Å². The highest BCUT2D eigenvalue weighted by Crippen LogP contribution is 2.32. The van der Waals surface area contributed by atoms with Crippen molar-refractivity contribution in [3.05, 3.63) is 29.8 Å². The Bertz CT molecular complexity index is 414. The zero-order valence-electron chi connectivity index (χ0n) is 8.32. The van der Waals surface area contributed by atoms with E-state index in [1.807, 2.05) is 18.2 Å². The van der Waals surface area contributed by atoms with Gasteiger partial charge in [0.1, 0.15) is 0 Å². The quantitative estimate of drug-likeness (QED) is 0.703. The van der Waals surface area contributed by atoms with E-state index >= 15 is 0 Å². The number of methoxy groups -OCH3 is 1. The summed E-state index contributed by atoms with van der Waals surface area (Å²) in [4.78, 5) is 22.8. The molecule has 0 spiro atoms. The first-order valence-electron chi connectivity index (χ1n) is 4.69. The number of amides is 1. The molecule has 4 nitrogen and oxygen atoms in total. The molecule has 78 valence electrons. The van der Waals surface area contributed by atoms with Gasteiger partial charge in [-0.05, 0) is 11.6 Å². The summed E-state index contributed by atoms with van der Waals surface area (Å²) in [5, 5.41) is 2.72. The second-order valence-corrected chi connectivity index (χ2v) is 3.42. The van der Waals surface area contributed by atoms with Crippen LogP contribution in [0.4, 0.5) is 5.69 Å². The van der Waals surface area contributed by atoms with E-state index in [-0.39, 0.29) is 18.3 Å². The lowest BCUT2D eigenvalue weighted by Gasteiger charge is -2.23. The molecule has 1 heterocycles. The Balaban J connectivity index is 2.42. The summed E-state index contributed by atoms with van der Waals surface area (Å²) in [5.74, 6) is -0.985. The van der Waals surface area contributed by atoms with Gasteiger partial charge in [0.05, 0.1) is 13.0 Å². The van der Waals surface area contributed by atoms with Crippen molar-refractivity contribution in [1.82, 2.24) is 0 Å². The number of ether oxygens (including phenoxy) is 1. The Hall–Kier alpha value is -1.84. The number of esters is 1. The predicted molar refractivity (Wildman–Crippen MR) is 54.4 cm³/mol. The van der Waals surface area contributed by atoms with Crippen molar-refractivity contribution in [2.45, 2.75) is 12.3 Å². The van der Waals surface area contributed by atoms with Crippen LogP contribution in [-0.4, -0.2) is 19.0 Å². The molecular weight excluding hydrogens is 194 g/mol. The average Bonchev–Trinajstić information content (AvgIpc) is 2.26. The lowest BCUT2D eigenvalue weighted by atomic mass is 9.91. The molecule has 0 radical (unpaired) electrons. The molecule has 1 aliphatic heterocycles. The second kappa shape index (κ2) is 3.73. The van der Waals surface area contributed by atoms with Gasteiger partial charge in [-0.3, -0.25) is 9.59 Å². The number of para-hydroxylation sites is 1. The average molecular weight is 205 g/mol. The van der Waals surface area contributed by atoms with Gasteiger partial charge in [0, 0.05) is 12.1 Å². The number of carbonyl (C=O) groups excluding carboxylic acids is 2. The molecule has 0 fully saturated rings. The van der Waals surface area contributed by atoms with Gasteiger partial charge in [-0.15, -0.1) is 0 Å². The summed E-state index contributed by atoms with van der Waals surface area (Å²) < 4.78 is 4.68. The van der Waals surface area contributed by atoms with Crippen LogP contribution in [0.5, 0.6) is 0 Å². The number of anilines is 1. The molecule has 2 rings (SSSR count). The van der Waals surface area contributed by atoms with E-state index in [2.05, 4.69) is 10.1 Å². The molecule has 0 aliphatic carbocycles. The van der Waals surface area contributed by atoms with Crippen molar-refractivity contribution in [1.29, 1.82) is 0 Å². The van der Waals surface area contributed by atoms with Gasteiger partial charge in [0.2, 0.25) is 5.91 Å². The smallest absolute Gasteiger partial charge is 0.313 e. The van der Waals surface area contributed by atoms with Gasteiger partial charge in [-0.2, -0.15) is 0 Å².